The molecule has 1 rings (SSSR count). The van der Waals surface area contributed by atoms with Crippen LogP contribution in [0.5, 0.6) is 0 Å². The minimum absolute atomic E-state index is 0.0253. The maximum absolute atomic E-state index is 11.9. The van der Waals surface area contributed by atoms with Gasteiger partial charge in [-0.25, -0.2) is 0 Å². The fraction of sp³-hybridized carbons (Fsp3) is 0.875. The van der Waals surface area contributed by atoms with Crippen molar-refractivity contribution in [2.24, 2.45) is 0 Å². The summed E-state index contributed by atoms with van der Waals surface area (Å²) in [7, 11) is 0. The van der Waals surface area contributed by atoms with E-state index in [1.807, 2.05) is 25.7 Å². The molecule has 1 saturated carbocycles. The lowest BCUT2D eigenvalue weighted by atomic mass is 10.1. The molecule has 0 heterocycles. The summed E-state index contributed by atoms with van der Waals surface area (Å²) in [4.78, 5) is 25.6. The van der Waals surface area contributed by atoms with Crippen LogP contribution in [-0.2, 0) is 9.59 Å². The van der Waals surface area contributed by atoms with Gasteiger partial charge >= 0.3 is 0 Å². The number of nitrogens with zero attached hydrogens (tertiary/aromatic N) is 1. The second-order valence-electron chi connectivity index (χ2n) is 6.91. The van der Waals surface area contributed by atoms with Crippen molar-refractivity contribution in [3.8, 4) is 0 Å². The third-order valence-corrected chi connectivity index (χ3v) is 3.76. The Morgan fingerprint density at radius 1 is 1.10 bits per heavy atom. The zero-order chi connectivity index (χ0) is 15.2. The summed E-state index contributed by atoms with van der Waals surface area (Å²) in [5, 5.41) is 2.95. The first-order valence-electron chi connectivity index (χ1n) is 7.88. The number of carbonyl (C=O) groups excluding carboxylic acids is 2. The molecule has 0 aromatic carbocycles. The van der Waals surface area contributed by atoms with Crippen LogP contribution >= 0.6 is 0 Å². The minimum atomic E-state index is -0.208. The smallest absolute Gasteiger partial charge is 0.222 e. The average Bonchev–Trinajstić information content (AvgIpc) is 2.55. The minimum Gasteiger partial charge on any atom is -0.351 e. The molecule has 0 radical (unpaired) electrons. The average molecular weight is 282 g/mol. The third kappa shape index (κ3) is 6.40. The zero-order valence-electron chi connectivity index (χ0n) is 13.5. The monoisotopic (exact) mass is 282 g/mol. The Kier molecular flexibility index (Phi) is 6.50. The highest BCUT2D eigenvalue weighted by Crippen LogP contribution is 2.22. The zero-order valence-corrected chi connectivity index (χ0v) is 13.5. The van der Waals surface area contributed by atoms with Crippen LogP contribution in [0, 0.1) is 0 Å². The summed E-state index contributed by atoms with van der Waals surface area (Å²) in [5.74, 6) is 0.123. The van der Waals surface area contributed by atoms with Crippen LogP contribution in [0.4, 0.5) is 0 Å². The third-order valence-electron chi connectivity index (χ3n) is 3.76. The van der Waals surface area contributed by atoms with E-state index in [1.54, 1.807) is 6.92 Å². The van der Waals surface area contributed by atoms with E-state index < -0.39 is 0 Å². The Labute approximate surface area is 123 Å². The molecule has 1 N–H and O–H groups in total. The molecule has 20 heavy (non-hydrogen) atoms. The van der Waals surface area contributed by atoms with Gasteiger partial charge in [-0.1, -0.05) is 25.7 Å². The SMILES string of the molecule is CC(=O)N(CCC(=O)NC(C)(C)C)C1CCCCCC1. The van der Waals surface area contributed by atoms with Gasteiger partial charge in [0.05, 0.1) is 0 Å². The molecule has 0 aromatic rings. The predicted molar refractivity (Wildman–Crippen MR) is 81.4 cm³/mol. The fourth-order valence-corrected chi connectivity index (χ4v) is 2.87. The van der Waals surface area contributed by atoms with Gasteiger partial charge in [0, 0.05) is 31.5 Å². The fourth-order valence-electron chi connectivity index (χ4n) is 2.87. The van der Waals surface area contributed by atoms with Crippen LogP contribution in [0.1, 0.15) is 72.6 Å². The van der Waals surface area contributed by atoms with Crippen molar-refractivity contribution in [1.29, 1.82) is 0 Å². The van der Waals surface area contributed by atoms with Gasteiger partial charge in [-0.15, -0.1) is 0 Å². The number of hydrogen-bond acceptors (Lipinski definition) is 2. The van der Waals surface area contributed by atoms with Crippen LogP contribution in [0.15, 0.2) is 0 Å². The highest BCUT2D eigenvalue weighted by atomic mass is 16.2. The first-order valence-corrected chi connectivity index (χ1v) is 7.88. The maximum Gasteiger partial charge on any atom is 0.222 e. The number of nitrogens with one attached hydrogen (secondary N) is 1. The maximum atomic E-state index is 11.9. The molecule has 4 heteroatoms. The van der Waals surface area contributed by atoms with Crippen LogP contribution in [0.3, 0.4) is 0 Å². The number of hydrogen-bond donors (Lipinski definition) is 1. The van der Waals surface area contributed by atoms with Gasteiger partial charge in [-0.3, -0.25) is 9.59 Å². The van der Waals surface area contributed by atoms with Gasteiger partial charge in [-0.2, -0.15) is 0 Å². The van der Waals surface area contributed by atoms with E-state index >= 15 is 0 Å². The van der Waals surface area contributed by atoms with Gasteiger partial charge in [-0.05, 0) is 33.6 Å². The molecule has 0 aromatic heterocycles. The molecule has 0 atom stereocenters. The lowest BCUT2D eigenvalue weighted by molar-refractivity contribution is -0.132. The summed E-state index contributed by atoms with van der Waals surface area (Å²) >= 11 is 0. The van der Waals surface area contributed by atoms with Crippen LogP contribution in [0.2, 0.25) is 0 Å². The predicted octanol–water partition coefficient (Wildman–Crippen LogP) is 2.86. The van der Waals surface area contributed by atoms with E-state index in [-0.39, 0.29) is 17.4 Å². The molecule has 2 amide bonds. The highest BCUT2D eigenvalue weighted by molar-refractivity contribution is 5.78. The van der Waals surface area contributed by atoms with Crippen molar-refractivity contribution in [2.45, 2.75) is 84.2 Å². The van der Waals surface area contributed by atoms with Crippen molar-refractivity contribution in [1.82, 2.24) is 10.2 Å². The van der Waals surface area contributed by atoms with E-state index in [4.69, 9.17) is 0 Å². The van der Waals surface area contributed by atoms with E-state index in [1.165, 1.54) is 25.7 Å². The standard InChI is InChI=1S/C16H30N2O2/c1-13(19)18(14-9-7-5-6-8-10-14)12-11-15(20)17-16(2,3)4/h14H,5-12H2,1-4H3,(H,17,20). The summed E-state index contributed by atoms with van der Waals surface area (Å²) in [5.41, 5.74) is -0.208. The number of carbonyl (C=O) groups is 2. The summed E-state index contributed by atoms with van der Waals surface area (Å²) in [6, 6.07) is 0.331. The second-order valence-corrected chi connectivity index (χ2v) is 6.91. The summed E-state index contributed by atoms with van der Waals surface area (Å²) in [6.07, 6.45) is 7.50. The van der Waals surface area contributed by atoms with Gasteiger partial charge in [0.25, 0.3) is 0 Å². The molecule has 0 spiro atoms. The van der Waals surface area contributed by atoms with Crippen LogP contribution in [-0.4, -0.2) is 34.8 Å². The van der Waals surface area contributed by atoms with Crippen LogP contribution in [0.25, 0.3) is 0 Å². The Bertz CT molecular complexity index is 326. The molecule has 4 nitrogen and oxygen atoms in total. The molecule has 0 bridgehead atoms. The van der Waals surface area contributed by atoms with Gasteiger partial charge in [0.2, 0.25) is 11.8 Å². The van der Waals surface area contributed by atoms with E-state index in [2.05, 4.69) is 5.32 Å². The summed E-state index contributed by atoms with van der Waals surface area (Å²) in [6.45, 7) is 8.07. The Morgan fingerprint density at radius 2 is 1.65 bits per heavy atom. The first-order chi connectivity index (χ1) is 9.29. The highest BCUT2D eigenvalue weighted by Gasteiger charge is 2.23. The van der Waals surface area contributed by atoms with Crippen molar-refractivity contribution < 1.29 is 9.59 Å². The van der Waals surface area contributed by atoms with E-state index in [0.717, 1.165) is 12.8 Å². The molecule has 1 fully saturated rings. The first kappa shape index (κ1) is 17.0. The van der Waals surface area contributed by atoms with Crippen molar-refractivity contribution >= 4 is 11.8 Å². The largest absolute Gasteiger partial charge is 0.351 e. The molecule has 0 aliphatic heterocycles. The van der Waals surface area contributed by atoms with Gasteiger partial charge in [0.15, 0.2) is 0 Å². The van der Waals surface area contributed by atoms with Crippen molar-refractivity contribution in [2.75, 3.05) is 6.54 Å². The van der Waals surface area contributed by atoms with Gasteiger partial charge < -0.3 is 10.2 Å². The molecule has 0 unspecified atom stereocenters. The molecule has 0 saturated heterocycles. The van der Waals surface area contributed by atoms with E-state index in [0.29, 0.717) is 19.0 Å². The Hall–Kier alpha value is -1.06. The van der Waals surface area contributed by atoms with Crippen LogP contribution < -0.4 is 5.32 Å². The molecular weight excluding hydrogens is 252 g/mol. The lowest BCUT2D eigenvalue weighted by Gasteiger charge is -2.30. The molecular formula is C16H30N2O2. The topological polar surface area (TPSA) is 49.4 Å². The number of rotatable bonds is 4. The van der Waals surface area contributed by atoms with Gasteiger partial charge in [0.1, 0.15) is 0 Å². The normalized spacial score (nSPS) is 17.4. The molecule has 1 aliphatic carbocycles. The van der Waals surface area contributed by atoms with Crippen molar-refractivity contribution in [3.63, 3.8) is 0 Å². The van der Waals surface area contributed by atoms with E-state index in [9.17, 15) is 9.59 Å². The second kappa shape index (κ2) is 7.65. The summed E-state index contributed by atoms with van der Waals surface area (Å²) < 4.78 is 0. The number of amides is 2. The van der Waals surface area contributed by atoms with Crippen molar-refractivity contribution in [3.05, 3.63) is 0 Å². The quantitative estimate of drug-likeness (QED) is 0.806. The Balaban J connectivity index is 2.50. The lowest BCUT2D eigenvalue weighted by Crippen LogP contribution is -2.44. The molecule has 1 aliphatic rings. The molecule has 116 valence electrons. The Morgan fingerprint density at radius 3 is 2.10 bits per heavy atom.